The van der Waals surface area contributed by atoms with Gasteiger partial charge in [0.2, 0.25) is 5.91 Å². The summed E-state index contributed by atoms with van der Waals surface area (Å²) in [5.41, 5.74) is 5.25. The highest BCUT2D eigenvalue weighted by atomic mass is 16.1. The second-order valence-corrected chi connectivity index (χ2v) is 6.55. The minimum Gasteiger partial charge on any atom is -0.368 e. The van der Waals surface area contributed by atoms with Gasteiger partial charge in [-0.05, 0) is 39.2 Å². The van der Waals surface area contributed by atoms with Gasteiger partial charge in [0.25, 0.3) is 0 Å². The highest BCUT2D eigenvalue weighted by Gasteiger charge is 2.50. The Labute approximate surface area is 122 Å². The Balaban J connectivity index is 1.97. The summed E-state index contributed by atoms with van der Waals surface area (Å²) in [6.45, 7) is 12.3. The van der Waals surface area contributed by atoms with Crippen LogP contribution in [0.25, 0.3) is 0 Å². The first kappa shape index (κ1) is 15.7. The summed E-state index contributed by atoms with van der Waals surface area (Å²) in [4.78, 5) is 17.0. The summed E-state index contributed by atoms with van der Waals surface area (Å²) in [5, 5.41) is 3.41. The molecule has 1 heterocycles. The molecule has 1 amide bonds. The minimum atomic E-state index is -0.505. The van der Waals surface area contributed by atoms with E-state index in [1.807, 2.05) is 0 Å². The van der Waals surface area contributed by atoms with Crippen molar-refractivity contribution in [2.75, 3.05) is 39.3 Å². The van der Waals surface area contributed by atoms with E-state index in [0.717, 1.165) is 52.1 Å². The lowest BCUT2D eigenvalue weighted by atomic mass is 9.91. The standard InChI is InChI=1S/C15H30N4O/c1-4-17-15(14(16)20,13-5-6-13)11-18-7-9-19(10-8-18)12(2)3/h12-13,17H,4-11H2,1-3H3,(H2,16,20). The van der Waals surface area contributed by atoms with Crippen LogP contribution in [0.5, 0.6) is 0 Å². The molecular formula is C15H30N4O. The second-order valence-electron chi connectivity index (χ2n) is 6.55. The number of likely N-dealkylation sites (N-methyl/N-ethyl adjacent to an activating group) is 1. The summed E-state index contributed by atoms with van der Waals surface area (Å²) in [7, 11) is 0. The molecule has 0 aromatic heterocycles. The number of hydrogen-bond acceptors (Lipinski definition) is 4. The van der Waals surface area contributed by atoms with E-state index in [2.05, 4.69) is 35.9 Å². The quantitative estimate of drug-likeness (QED) is 0.703. The number of nitrogens with one attached hydrogen (secondary N) is 1. The lowest BCUT2D eigenvalue weighted by Crippen LogP contribution is -2.65. The number of hydrogen-bond donors (Lipinski definition) is 2. The molecule has 1 aliphatic carbocycles. The first-order valence-corrected chi connectivity index (χ1v) is 8.01. The topological polar surface area (TPSA) is 61.6 Å². The van der Waals surface area contributed by atoms with Crippen LogP contribution in [-0.2, 0) is 4.79 Å². The van der Waals surface area contributed by atoms with E-state index in [0.29, 0.717) is 12.0 Å². The van der Waals surface area contributed by atoms with Gasteiger partial charge in [-0.15, -0.1) is 0 Å². The smallest absolute Gasteiger partial charge is 0.239 e. The van der Waals surface area contributed by atoms with Gasteiger partial charge in [-0.25, -0.2) is 0 Å². The number of primary amides is 1. The zero-order valence-corrected chi connectivity index (χ0v) is 13.2. The third-order valence-electron chi connectivity index (χ3n) is 4.82. The predicted octanol–water partition coefficient (Wildman–Crippen LogP) is 0.256. The molecule has 0 spiro atoms. The van der Waals surface area contributed by atoms with Crippen LogP contribution in [0.15, 0.2) is 0 Å². The lowest BCUT2D eigenvalue weighted by Gasteiger charge is -2.42. The Kier molecular flexibility index (Phi) is 5.04. The number of amides is 1. The van der Waals surface area contributed by atoms with E-state index in [9.17, 15) is 4.79 Å². The van der Waals surface area contributed by atoms with Gasteiger partial charge in [0.1, 0.15) is 5.54 Å². The third-order valence-corrected chi connectivity index (χ3v) is 4.82. The first-order chi connectivity index (χ1) is 9.49. The Morgan fingerprint density at radius 1 is 1.30 bits per heavy atom. The van der Waals surface area contributed by atoms with Gasteiger partial charge < -0.3 is 11.1 Å². The molecule has 1 aliphatic heterocycles. The normalized spacial score (nSPS) is 24.8. The van der Waals surface area contributed by atoms with Crippen LogP contribution >= 0.6 is 0 Å². The van der Waals surface area contributed by atoms with Crippen molar-refractivity contribution in [1.29, 1.82) is 0 Å². The van der Waals surface area contributed by atoms with Crippen LogP contribution < -0.4 is 11.1 Å². The number of piperazine rings is 1. The molecule has 0 aromatic rings. The van der Waals surface area contributed by atoms with Crippen LogP contribution in [0.2, 0.25) is 0 Å². The van der Waals surface area contributed by atoms with Crippen LogP contribution in [0.3, 0.4) is 0 Å². The maximum absolute atomic E-state index is 12.1. The largest absolute Gasteiger partial charge is 0.368 e. The van der Waals surface area contributed by atoms with Crippen molar-refractivity contribution in [2.24, 2.45) is 11.7 Å². The number of carbonyl (C=O) groups excluding carboxylic acids is 1. The van der Waals surface area contributed by atoms with Crippen molar-refractivity contribution in [1.82, 2.24) is 15.1 Å². The van der Waals surface area contributed by atoms with E-state index in [1.165, 1.54) is 0 Å². The highest BCUT2D eigenvalue weighted by Crippen LogP contribution is 2.40. The van der Waals surface area contributed by atoms with Gasteiger partial charge in [-0.2, -0.15) is 0 Å². The molecule has 2 fully saturated rings. The maximum atomic E-state index is 12.1. The third kappa shape index (κ3) is 3.32. The molecule has 2 rings (SSSR count). The fourth-order valence-corrected chi connectivity index (χ4v) is 3.38. The Hall–Kier alpha value is -0.650. The Morgan fingerprint density at radius 3 is 2.30 bits per heavy atom. The molecule has 1 unspecified atom stereocenters. The number of nitrogens with zero attached hydrogens (tertiary/aromatic N) is 2. The van der Waals surface area contributed by atoms with Gasteiger partial charge in [0, 0.05) is 38.8 Å². The van der Waals surface area contributed by atoms with Crippen molar-refractivity contribution in [3.8, 4) is 0 Å². The number of nitrogens with two attached hydrogens (primary N) is 1. The van der Waals surface area contributed by atoms with Crippen LogP contribution in [0.4, 0.5) is 0 Å². The molecule has 0 aromatic carbocycles. The van der Waals surface area contributed by atoms with Gasteiger partial charge in [-0.1, -0.05) is 6.92 Å². The van der Waals surface area contributed by atoms with Crippen molar-refractivity contribution in [2.45, 2.75) is 45.2 Å². The van der Waals surface area contributed by atoms with Gasteiger partial charge >= 0.3 is 0 Å². The molecule has 0 radical (unpaired) electrons. The first-order valence-electron chi connectivity index (χ1n) is 8.01. The summed E-state index contributed by atoms with van der Waals surface area (Å²) in [6.07, 6.45) is 2.25. The molecule has 1 saturated heterocycles. The average molecular weight is 282 g/mol. The van der Waals surface area contributed by atoms with Crippen LogP contribution in [0, 0.1) is 5.92 Å². The van der Waals surface area contributed by atoms with Crippen molar-refractivity contribution in [3.63, 3.8) is 0 Å². The van der Waals surface area contributed by atoms with E-state index in [-0.39, 0.29) is 5.91 Å². The number of rotatable bonds is 7. The molecular weight excluding hydrogens is 252 g/mol. The highest BCUT2D eigenvalue weighted by molar-refractivity contribution is 5.86. The van der Waals surface area contributed by atoms with E-state index >= 15 is 0 Å². The molecule has 1 atom stereocenters. The van der Waals surface area contributed by atoms with Crippen molar-refractivity contribution < 1.29 is 4.79 Å². The van der Waals surface area contributed by atoms with Gasteiger partial charge in [0.05, 0.1) is 0 Å². The molecule has 5 heteroatoms. The fraction of sp³-hybridized carbons (Fsp3) is 0.933. The van der Waals surface area contributed by atoms with Gasteiger partial charge in [0.15, 0.2) is 0 Å². The zero-order chi connectivity index (χ0) is 14.8. The number of carbonyl (C=O) groups is 1. The lowest BCUT2D eigenvalue weighted by molar-refractivity contribution is -0.126. The molecule has 5 nitrogen and oxygen atoms in total. The molecule has 3 N–H and O–H groups in total. The van der Waals surface area contributed by atoms with E-state index in [4.69, 9.17) is 5.73 Å². The maximum Gasteiger partial charge on any atom is 0.239 e. The average Bonchev–Trinajstić information content (AvgIpc) is 3.23. The summed E-state index contributed by atoms with van der Waals surface area (Å²) >= 11 is 0. The Morgan fingerprint density at radius 2 is 1.90 bits per heavy atom. The Bertz CT molecular complexity index is 335. The van der Waals surface area contributed by atoms with Gasteiger partial charge in [-0.3, -0.25) is 14.6 Å². The van der Waals surface area contributed by atoms with Crippen LogP contribution in [-0.4, -0.2) is 66.6 Å². The summed E-state index contributed by atoms with van der Waals surface area (Å²) in [6, 6.07) is 0.607. The monoisotopic (exact) mass is 282 g/mol. The van der Waals surface area contributed by atoms with Crippen molar-refractivity contribution >= 4 is 5.91 Å². The van der Waals surface area contributed by atoms with Crippen molar-refractivity contribution in [3.05, 3.63) is 0 Å². The van der Waals surface area contributed by atoms with Crippen LogP contribution in [0.1, 0.15) is 33.6 Å². The SMILES string of the molecule is CCNC(CN1CCN(C(C)C)CC1)(C(N)=O)C1CC1. The molecule has 1 saturated carbocycles. The second kappa shape index (κ2) is 6.41. The predicted molar refractivity (Wildman–Crippen MR) is 81.5 cm³/mol. The van der Waals surface area contributed by atoms with E-state index in [1.54, 1.807) is 0 Å². The zero-order valence-electron chi connectivity index (χ0n) is 13.2. The van der Waals surface area contributed by atoms with E-state index < -0.39 is 5.54 Å². The fourth-order valence-electron chi connectivity index (χ4n) is 3.38. The molecule has 20 heavy (non-hydrogen) atoms. The molecule has 2 aliphatic rings. The summed E-state index contributed by atoms with van der Waals surface area (Å²) < 4.78 is 0. The minimum absolute atomic E-state index is 0.173. The molecule has 116 valence electrons. The summed E-state index contributed by atoms with van der Waals surface area (Å²) in [5.74, 6) is 0.260. The molecule has 0 bridgehead atoms.